The van der Waals surface area contributed by atoms with Crippen molar-refractivity contribution < 1.29 is 5.11 Å². The molecule has 0 spiro atoms. The first-order chi connectivity index (χ1) is 9.58. The van der Waals surface area contributed by atoms with Gasteiger partial charge < -0.3 is 10.4 Å². The van der Waals surface area contributed by atoms with Gasteiger partial charge in [0.1, 0.15) is 5.75 Å². The van der Waals surface area contributed by atoms with E-state index in [4.69, 9.17) is 0 Å². The minimum atomic E-state index is 0.355. The molecule has 112 valence electrons. The molecule has 1 atom stereocenters. The lowest BCUT2D eigenvalue weighted by molar-refractivity contribution is 0.159. The van der Waals surface area contributed by atoms with Gasteiger partial charge in [0.25, 0.3) is 0 Å². The molecule has 2 N–H and O–H groups in total. The topological polar surface area (TPSA) is 35.5 Å². The molecule has 1 saturated heterocycles. The van der Waals surface area contributed by atoms with Gasteiger partial charge in [0, 0.05) is 36.7 Å². The Hall–Kier alpha value is -0.580. The summed E-state index contributed by atoms with van der Waals surface area (Å²) >= 11 is 3.65. The number of hydrogen-bond donors (Lipinski definition) is 2. The van der Waals surface area contributed by atoms with Crippen LogP contribution in [0.1, 0.15) is 38.3 Å². The first-order valence-electron chi connectivity index (χ1n) is 7.51. The van der Waals surface area contributed by atoms with Gasteiger partial charge in [0.05, 0.1) is 0 Å². The summed E-state index contributed by atoms with van der Waals surface area (Å²) in [5, 5.41) is 13.2. The highest BCUT2D eigenvalue weighted by molar-refractivity contribution is 9.10. The number of nitrogens with zero attached hydrogens (tertiary/aromatic N) is 1. The fraction of sp³-hybridized carbons (Fsp3) is 0.625. The Morgan fingerprint density at radius 3 is 2.60 bits per heavy atom. The molecule has 1 aromatic rings. The Kier molecular flexibility index (Phi) is 5.87. The van der Waals surface area contributed by atoms with Crippen LogP contribution >= 0.6 is 15.9 Å². The molecule has 1 heterocycles. The van der Waals surface area contributed by atoms with E-state index in [1.165, 1.54) is 12.0 Å². The molecule has 20 heavy (non-hydrogen) atoms. The summed E-state index contributed by atoms with van der Waals surface area (Å²) in [7, 11) is 0. The molecule has 0 bridgehead atoms. The number of halogens is 1. The number of phenols is 1. The first kappa shape index (κ1) is 15.8. The van der Waals surface area contributed by atoms with Crippen LogP contribution in [0.15, 0.2) is 22.7 Å². The Labute approximate surface area is 130 Å². The molecule has 1 fully saturated rings. The van der Waals surface area contributed by atoms with Crippen molar-refractivity contribution in [1.29, 1.82) is 0 Å². The van der Waals surface area contributed by atoms with Crippen molar-refractivity contribution in [2.45, 2.75) is 32.7 Å². The predicted octanol–water partition coefficient (Wildman–Crippen LogP) is 3.54. The zero-order valence-corrected chi connectivity index (χ0v) is 14.0. The lowest BCUT2D eigenvalue weighted by Crippen LogP contribution is -2.45. The van der Waals surface area contributed by atoms with Gasteiger partial charge in [-0.1, -0.05) is 29.8 Å². The summed E-state index contributed by atoms with van der Waals surface area (Å²) in [6, 6.07) is 6.00. The monoisotopic (exact) mass is 340 g/mol. The molecule has 2 rings (SSSR count). The largest absolute Gasteiger partial charge is 0.508 e. The van der Waals surface area contributed by atoms with Crippen LogP contribution in [0, 0.1) is 5.92 Å². The number of phenolic OH excluding ortho intramolecular Hbond substituents is 1. The molecule has 0 amide bonds. The molecule has 0 radical (unpaired) electrons. The van der Waals surface area contributed by atoms with Gasteiger partial charge in [-0.15, -0.1) is 0 Å². The van der Waals surface area contributed by atoms with Gasteiger partial charge in [0.15, 0.2) is 0 Å². The van der Waals surface area contributed by atoms with Crippen LogP contribution in [0.25, 0.3) is 0 Å². The van der Waals surface area contributed by atoms with Crippen LogP contribution < -0.4 is 5.32 Å². The van der Waals surface area contributed by atoms with Crippen LogP contribution in [0.4, 0.5) is 0 Å². The Morgan fingerprint density at radius 2 is 1.95 bits per heavy atom. The van der Waals surface area contributed by atoms with Crippen molar-refractivity contribution in [3.8, 4) is 5.75 Å². The van der Waals surface area contributed by atoms with E-state index in [2.05, 4.69) is 40.0 Å². The van der Waals surface area contributed by atoms with Crippen LogP contribution in [0.2, 0.25) is 0 Å². The van der Waals surface area contributed by atoms with Crippen molar-refractivity contribution >= 4 is 15.9 Å². The Morgan fingerprint density at radius 1 is 1.25 bits per heavy atom. The maximum atomic E-state index is 9.81. The van der Waals surface area contributed by atoms with Crippen molar-refractivity contribution in [2.24, 2.45) is 5.92 Å². The van der Waals surface area contributed by atoms with Crippen LogP contribution in [-0.4, -0.2) is 36.2 Å². The Balaban J connectivity index is 2.21. The quantitative estimate of drug-likeness (QED) is 0.860. The number of benzene rings is 1. The third kappa shape index (κ3) is 4.21. The summed E-state index contributed by atoms with van der Waals surface area (Å²) in [6.07, 6.45) is 2.34. The number of nitrogens with one attached hydrogen (secondary N) is 1. The highest BCUT2D eigenvalue weighted by Crippen LogP contribution is 2.34. The zero-order chi connectivity index (χ0) is 14.5. The van der Waals surface area contributed by atoms with Crippen LogP contribution in [0.3, 0.4) is 0 Å². The van der Waals surface area contributed by atoms with Crippen LogP contribution in [-0.2, 0) is 0 Å². The molecule has 1 aliphatic rings. The molecule has 3 nitrogen and oxygen atoms in total. The minimum Gasteiger partial charge on any atom is -0.508 e. The number of piperazine rings is 1. The lowest BCUT2D eigenvalue weighted by atomic mass is 9.95. The number of hydrogen-bond acceptors (Lipinski definition) is 3. The van der Waals surface area contributed by atoms with Gasteiger partial charge in [-0.3, -0.25) is 4.90 Å². The molecule has 1 aliphatic heterocycles. The second kappa shape index (κ2) is 7.43. The van der Waals surface area contributed by atoms with Gasteiger partial charge in [-0.2, -0.15) is 0 Å². The number of aromatic hydroxyl groups is 1. The third-order valence-corrected chi connectivity index (χ3v) is 4.67. The van der Waals surface area contributed by atoms with Crippen molar-refractivity contribution in [1.82, 2.24) is 10.2 Å². The van der Waals surface area contributed by atoms with E-state index in [-0.39, 0.29) is 0 Å². The van der Waals surface area contributed by atoms with Crippen molar-refractivity contribution in [3.63, 3.8) is 0 Å². The molecule has 4 heteroatoms. The molecular formula is C16H25BrN2O. The summed E-state index contributed by atoms with van der Waals surface area (Å²) in [6.45, 7) is 8.79. The maximum Gasteiger partial charge on any atom is 0.115 e. The SMILES string of the molecule is CC(C)CC[C@H](c1cc(O)ccc1Br)N1CCNCC1. The average Bonchev–Trinajstić information content (AvgIpc) is 2.43. The summed E-state index contributed by atoms with van der Waals surface area (Å²) in [5.74, 6) is 1.06. The molecule has 0 unspecified atom stereocenters. The average molecular weight is 341 g/mol. The van der Waals surface area contributed by atoms with E-state index >= 15 is 0 Å². The molecule has 0 saturated carbocycles. The molecule has 1 aromatic carbocycles. The second-order valence-corrected chi connectivity index (χ2v) is 6.83. The smallest absolute Gasteiger partial charge is 0.115 e. The molecule has 0 aliphatic carbocycles. The zero-order valence-electron chi connectivity index (χ0n) is 12.4. The van der Waals surface area contributed by atoms with E-state index in [0.29, 0.717) is 17.7 Å². The number of rotatable bonds is 5. The van der Waals surface area contributed by atoms with Gasteiger partial charge in [-0.25, -0.2) is 0 Å². The molecular weight excluding hydrogens is 316 g/mol. The van der Waals surface area contributed by atoms with Crippen LogP contribution in [0.5, 0.6) is 5.75 Å². The lowest BCUT2D eigenvalue weighted by Gasteiger charge is -2.36. The minimum absolute atomic E-state index is 0.355. The van der Waals surface area contributed by atoms with Crippen molar-refractivity contribution in [2.75, 3.05) is 26.2 Å². The van der Waals surface area contributed by atoms with E-state index in [1.54, 1.807) is 6.07 Å². The Bertz CT molecular complexity index is 430. The van der Waals surface area contributed by atoms with E-state index in [9.17, 15) is 5.11 Å². The summed E-state index contributed by atoms with van der Waals surface area (Å²) < 4.78 is 1.10. The fourth-order valence-corrected chi connectivity index (χ4v) is 3.32. The van der Waals surface area contributed by atoms with E-state index < -0.39 is 0 Å². The highest BCUT2D eigenvalue weighted by atomic mass is 79.9. The predicted molar refractivity (Wildman–Crippen MR) is 87.1 cm³/mol. The maximum absolute atomic E-state index is 9.81. The highest BCUT2D eigenvalue weighted by Gasteiger charge is 2.24. The second-order valence-electron chi connectivity index (χ2n) is 5.98. The first-order valence-corrected chi connectivity index (χ1v) is 8.30. The van der Waals surface area contributed by atoms with Crippen molar-refractivity contribution in [3.05, 3.63) is 28.2 Å². The van der Waals surface area contributed by atoms with Gasteiger partial charge in [0.2, 0.25) is 0 Å². The summed E-state index contributed by atoms with van der Waals surface area (Å²) in [4.78, 5) is 2.54. The van der Waals surface area contributed by atoms with E-state index in [1.807, 2.05) is 12.1 Å². The molecule has 0 aromatic heterocycles. The van der Waals surface area contributed by atoms with E-state index in [0.717, 1.165) is 37.1 Å². The third-order valence-electron chi connectivity index (χ3n) is 3.95. The fourth-order valence-electron chi connectivity index (χ4n) is 2.81. The van der Waals surface area contributed by atoms with Gasteiger partial charge in [-0.05, 0) is 42.5 Å². The standard InChI is InChI=1S/C16H25BrN2O/c1-12(2)3-6-16(19-9-7-18-8-10-19)14-11-13(20)4-5-15(14)17/h4-5,11-12,16,18,20H,3,6-10H2,1-2H3/t16-/m1/s1. The summed E-state index contributed by atoms with van der Waals surface area (Å²) in [5.41, 5.74) is 1.22. The normalized spacial score (nSPS) is 18.4. The van der Waals surface area contributed by atoms with Gasteiger partial charge >= 0.3 is 0 Å².